The number of aryl methyl sites for hydroxylation is 1. The molecular weight excluding hydrogens is 333 g/mol. The molecule has 26 heavy (non-hydrogen) atoms. The van der Waals surface area contributed by atoms with Gasteiger partial charge in [0.2, 0.25) is 0 Å². The maximum Gasteiger partial charge on any atom is 0.253 e. The fourth-order valence-corrected chi connectivity index (χ4v) is 3.28. The lowest BCUT2D eigenvalue weighted by Crippen LogP contribution is -2.31. The van der Waals surface area contributed by atoms with E-state index in [-0.39, 0.29) is 11.9 Å². The zero-order valence-corrected chi connectivity index (χ0v) is 14.9. The van der Waals surface area contributed by atoms with Gasteiger partial charge in [0, 0.05) is 24.7 Å². The number of hydrogen-bond donors (Lipinski definition) is 3. The Bertz CT molecular complexity index is 1020. The van der Waals surface area contributed by atoms with E-state index in [1.165, 1.54) is 6.07 Å². The molecule has 134 valence electrons. The van der Waals surface area contributed by atoms with Crippen LogP contribution in [0, 0.1) is 12.7 Å². The van der Waals surface area contributed by atoms with E-state index in [0.717, 1.165) is 11.4 Å². The number of amides is 1. The maximum absolute atomic E-state index is 14.8. The second-order valence-electron chi connectivity index (χ2n) is 6.83. The average Bonchev–Trinajstić information content (AvgIpc) is 3.00. The van der Waals surface area contributed by atoms with Crippen molar-refractivity contribution in [3.8, 4) is 11.3 Å². The monoisotopic (exact) mass is 353 g/mol. The second-order valence-corrected chi connectivity index (χ2v) is 6.83. The molecule has 3 aromatic rings. The Labute approximate surface area is 150 Å². The van der Waals surface area contributed by atoms with E-state index in [4.69, 9.17) is 0 Å². The first-order valence-corrected chi connectivity index (χ1v) is 8.68. The number of nitrogens with zero attached hydrogens (tertiary/aromatic N) is 2. The maximum atomic E-state index is 14.8. The molecule has 1 aliphatic heterocycles. The van der Waals surface area contributed by atoms with Gasteiger partial charge in [-0.1, -0.05) is 0 Å². The van der Waals surface area contributed by atoms with E-state index in [1.807, 2.05) is 20.8 Å². The summed E-state index contributed by atoms with van der Waals surface area (Å²) >= 11 is 0. The highest BCUT2D eigenvalue weighted by Gasteiger charge is 2.23. The normalized spacial score (nSPS) is 13.8. The lowest BCUT2D eigenvalue weighted by atomic mass is 10.1. The van der Waals surface area contributed by atoms with Crippen molar-refractivity contribution in [1.82, 2.24) is 20.3 Å². The summed E-state index contributed by atoms with van der Waals surface area (Å²) in [6.07, 6.45) is 0.693. The van der Waals surface area contributed by atoms with Crippen LogP contribution in [0.2, 0.25) is 0 Å². The number of benzene rings is 1. The van der Waals surface area contributed by atoms with Crippen LogP contribution in [0.25, 0.3) is 22.3 Å². The van der Waals surface area contributed by atoms with Crippen LogP contribution in [0.4, 0.5) is 10.2 Å². The predicted octanol–water partition coefficient (Wildman–Crippen LogP) is 3.18. The third-order valence-electron chi connectivity index (χ3n) is 4.46. The number of carbonyl (C=O) groups excluding carboxylic acids is 1. The van der Waals surface area contributed by atoms with Crippen molar-refractivity contribution in [1.29, 1.82) is 0 Å². The fourth-order valence-electron chi connectivity index (χ4n) is 3.28. The number of H-pyrrole nitrogens is 1. The number of anilines is 1. The Morgan fingerprint density at radius 1 is 1.27 bits per heavy atom. The van der Waals surface area contributed by atoms with Crippen molar-refractivity contribution in [3.05, 3.63) is 41.0 Å². The van der Waals surface area contributed by atoms with Gasteiger partial charge < -0.3 is 15.6 Å². The van der Waals surface area contributed by atoms with Gasteiger partial charge in [-0.3, -0.25) is 4.79 Å². The van der Waals surface area contributed by atoms with E-state index in [1.54, 1.807) is 12.1 Å². The molecule has 0 bridgehead atoms. The lowest BCUT2D eigenvalue weighted by molar-refractivity contribution is 0.0946. The largest absolute Gasteiger partial charge is 0.366 e. The van der Waals surface area contributed by atoms with Gasteiger partial charge in [-0.15, -0.1) is 0 Å². The molecule has 4 rings (SSSR count). The standard InChI is InChI=1S/C19H20FN5O/c1-9(2)22-18-10(3)23-14-5-4-12(20)16(17(14)25-18)15-8-11-13(24-15)6-7-21-19(11)26/h4-5,8-9,24H,6-7H2,1-3H3,(H,21,26)(H,22,25). The van der Waals surface area contributed by atoms with Crippen LogP contribution in [0.1, 0.15) is 35.6 Å². The number of hydrogen-bond acceptors (Lipinski definition) is 4. The van der Waals surface area contributed by atoms with Crippen molar-refractivity contribution >= 4 is 22.8 Å². The molecule has 3 heterocycles. The van der Waals surface area contributed by atoms with Gasteiger partial charge in [0.05, 0.1) is 28.0 Å². The van der Waals surface area contributed by atoms with E-state index < -0.39 is 5.82 Å². The second kappa shape index (κ2) is 6.09. The third-order valence-corrected chi connectivity index (χ3v) is 4.46. The molecule has 1 aromatic carbocycles. The van der Waals surface area contributed by atoms with E-state index in [2.05, 4.69) is 25.6 Å². The van der Waals surface area contributed by atoms with Gasteiger partial charge in [-0.2, -0.15) is 0 Å². The van der Waals surface area contributed by atoms with Gasteiger partial charge in [0.25, 0.3) is 5.91 Å². The number of fused-ring (bicyclic) bond motifs is 2. The lowest BCUT2D eigenvalue weighted by Gasteiger charge is -2.13. The fraction of sp³-hybridized carbons (Fsp3) is 0.316. The zero-order valence-electron chi connectivity index (χ0n) is 14.9. The molecule has 3 N–H and O–H groups in total. The number of aromatic amines is 1. The van der Waals surface area contributed by atoms with Crippen molar-refractivity contribution < 1.29 is 9.18 Å². The summed E-state index contributed by atoms with van der Waals surface area (Å²) in [7, 11) is 0. The van der Waals surface area contributed by atoms with E-state index in [9.17, 15) is 9.18 Å². The van der Waals surface area contributed by atoms with Crippen molar-refractivity contribution in [2.75, 3.05) is 11.9 Å². The minimum Gasteiger partial charge on any atom is -0.366 e. The molecule has 0 saturated heterocycles. The topological polar surface area (TPSA) is 82.7 Å². The first kappa shape index (κ1) is 16.5. The van der Waals surface area contributed by atoms with Gasteiger partial charge >= 0.3 is 0 Å². The molecule has 0 spiro atoms. The predicted molar refractivity (Wildman–Crippen MR) is 98.8 cm³/mol. The molecular formula is C19H20FN5O. The Hall–Kier alpha value is -2.96. The van der Waals surface area contributed by atoms with Crippen LogP contribution >= 0.6 is 0 Å². The summed E-state index contributed by atoms with van der Waals surface area (Å²) in [5, 5.41) is 6.05. The van der Waals surface area contributed by atoms with Crippen LogP contribution in [0.5, 0.6) is 0 Å². The first-order valence-electron chi connectivity index (χ1n) is 8.68. The van der Waals surface area contributed by atoms with E-state index >= 15 is 0 Å². The SMILES string of the molecule is Cc1nc2ccc(F)c(-c3cc4c([nH]3)CCNC4=O)c2nc1NC(C)C. The number of halogens is 1. The molecule has 0 fully saturated rings. The van der Waals surface area contributed by atoms with Crippen LogP contribution < -0.4 is 10.6 Å². The number of aromatic nitrogens is 3. The summed E-state index contributed by atoms with van der Waals surface area (Å²) in [4.78, 5) is 24.4. The number of rotatable bonds is 3. The van der Waals surface area contributed by atoms with E-state index in [0.29, 0.717) is 46.6 Å². The highest BCUT2D eigenvalue weighted by Crippen LogP contribution is 2.32. The Morgan fingerprint density at radius 3 is 2.81 bits per heavy atom. The molecule has 1 amide bonds. The minimum atomic E-state index is -0.398. The Kier molecular flexibility index (Phi) is 3.86. The van der Waals surface area contributed by atoms with Crippen molar-refractivity contribution in [2.24, 2.45) is 0 Å². The van der Waals surface area contributed by atoms with Gasteiger partial charge in [0.1, 0.15) is 17.2 Å². The molecule has 0 aliphatic carbocycles. The van der Waals surface area contributed by atoms with Crippen molar-refractivity contribution in [2.45, 2.75) is 33.2 Å². The molecule has 6 nitrogen and oxygen atoms in total. The van der Waals surface area contributed by atoms with Crippen LogP contribution in [-0.4, -0.2) is 33.4 Å². The van der Waals surface area contributed by atoms with Crippen molar-refractivity contribution in [3.63, 3.8) is 0 Å². The van der Waals surface area contributed by atoms with Gasteiger partial charge in [-0.05, 0) is 39.0 Å². The Morgan fingerprint density at radius 2 is 2.08 bits per heavy atom. The molecule has 0 radical (unpaired) electrons. The minimum absolute atomic E-state index is 0.140. The Balaban J connectivity index is 1.94. The average molecular weight is 353 g/mol. The smallest absolute Gasteiger partial charge is 0.253 e. The summed E-state index contributed by atoms with van der Waals surface area (Å²) in [5.74, 6) is 0.0945. The zero-order chi connectivity index (χ0) is 18.4. The summed E-state index contributed by atoms with van der Waals surface area (Å²) in [6.45, 7) is 6.47. The summed E-state index contributed by atoms with van der Waals surface area (Å²) < 4.78 is 14.8. The summed E-state index contributed by atoms with van der Waals surface area (Å²) in [5.41, 5.74) is 4.11. The number of carbonyl (C=O) groups is 1. The highest BCUT2D eigenvalue weighted by molar-refractivity contribution is 5.99. The molecule has 2 aromatic heterocycles. The van der Waals surface area contributed by atoms with Crippen LogP contribution in [-0.2, 0) is 6.42 Å². The first-order chi connectivity index (χ1) is 12.4. The quantitative estimate of drug-likeness (QED) is 0.675. The van der Waals surface area contributed by atoms with Gasteiger partial charge in [0.15, 0.2) is 0 Å². The van der Waals surface area contributed by atoms with Crippen LogP contribution in [0.3, 0.4) is 0 Å². The highest BCUT2D eigenvalue weighted by atomic mass is 19.1. The summed E-state index contributed by atoms with van der Waals surface area (Å²) in [6, 6.07) is 4.89. The molecule has 0 saturated carbocycles. The third kappa shape index (κ3) is 2.69. The molecule has 0 atom stereocenters. The van der Waals surface area contributed by atoms with Gasteiger partial charge in [-0.25, -0.2) is 14.4 Å². The van der Waals surface area contributed by atoms with Crippen LogP contribution in [0.15, 0.2) is 18.2 Å². The molecule has 7 heteroatoms. The number of nitrogens with one attached hydrogen (secondary N) is 3. The molecule has 1 aliphatic rings. The molecule has 0 unspecified atom stereocenters.